The Morgan fingerprint density at radius 1 is 1.64 bits per heavy atom. The van der Waals surface area contributed by atoms with Gasteiger partial charge in [0.25, 0.3) is 0 Å². The molecule has 78 valence electrons. The number of nitrogens with zero attached hydrogens (tertiary/aromatic N) is 1. The average Bonchev–Trinajstić information content (AvgIpc) is 2.78. The van der Waals surface area contributed by atoms with Crippen molar-refractivity contribution in [1.82, 2.24) is 10.3 Å². The van der Waals surface area contributed by atoms with Crippen LogP contribution in [0.25, 0.3) is 0 Å². The zero-order valence-corrected chi connectivity index (χ0v) is 9.90. The third kappa shape index (κ3) is 2.34. The van der Waals surface area contributed by atoms with E-state index >= 15 is 0 Å². The van der Waals surface area contributed by atoms with Crippen LogP contribution in [-0.4, -0.2) is 17.6 Å². The molecule has 0 saturated heterocycles. The summed E-state index contributed by atoms with van der Waals surface area (Å²) in [6, 6.07) is 0.606. The maximum atomic E-state index is 4.54. The summed E-state index contributed by atoms with van der Waals surface area (Å²) in [4.78, 5) is 4.54. The smallest absolute Gasteiger partial charge is 0.0962 e. The van der Waals surface area contributed by atoms with Crippen molar-refractivity contribution in [2.75, 3.05) is 6.54 Å². The topological polar surface area (TPSA) is 24.9 Å². The summed E-state index contributed by atoms with van der Waals surface area (Å²) in [5.74, 6) is 1.59. The molecule has 1 aliphatic rings. The molecular formula is C11H18N2S. The molecule has 2 unspecified atom stereocenters. The number of rotatable bonds is 4. The Morgan fingerprint density at radius 3 is 3.00 bits per heavy atom. The van der Waals surface area contributed by atoms with E-state index in [-0.39, 0.29) is 0 Å². The SMILES string of the molecule is Cc1csc(C2CC2CNC(C)C)n1. The van der Waals surface area contributed by atoms with Crippen molar-refractivity contribution in [2.45, 2.75) is 39.2 Å². The van der Waals surface area contributed by atoms with E-state index in [1.165, 1.54) is 17.1 Å². The largest absolute Gasteiger partial charge is 0.314 e. The van der Waals surface area contributed by atoms with Crippen LogP contribution in [0.1, 0.15) is 36.9 Å². The molecule has 0 spiro atoms. The highest BCUT2D eigenvalue weighted by molar-refractivity contribution is 7.09. The zero-order valence-electron chi connectivity index (χ0n) is 9.08. The third-order valence-electron chi connectivity index (χ3n) is 2.66. The highest BCUT2D eigenvalue weighted by Crippen LogP contribution is 2.47. The Kier molecular flexibility index (Phi) is 2.88. The second-order valence-corrected chi connectivity index (χ2v) is 5.38. The lowest BCUT2D eigenvalue weighted by Gasteiger charge is -2.06. The second-order valence-electron chi connectivity index (χ2n) is 4.49. The monoisotopic (exact) mass is 210 g/mol. The molecule has 1 fully saturated rings. The Balaban J connectivity index is 1.81. The molecule has 2 atom stereocenters. The van der Waals surface area contributed by atoms with Gasteiger partial charge in [0.15, 0.2) is 0 Å². The molecule has 0 aliphatic heterocycles. The summed E-state index contributed by atoms with van der Waals surface area (Å²) in [5, 5.41) is 6.99. The lowest BCUT2D eigenvalue weighted by Crippen LogP contribution is -2.25. The standard InChI is InChI=1S/C11H18N2S/c1-7(2)12-5-9-4-10(9)11-13-8(3)6-14-11/h6-7,9-10,12H,4-5H2,1-3H3. The summed E-state index contributed by atoms with van der Waals surface area (Å²) >= 11 is 1.82. The van der Waals surface area contributed by atoms with Gasteiger partial charge in [-0.2, -0.15) is 0 Å². The van der Waals surface area contributed by atoms with Gasteiger partial charge in [0.2, 0.25) is 0 Å². The van der Waals surface area contributed by atoms with Crippen molar-refractivity contribution in [2.24, 2.45) is 5.92 Å². The molecule has 2 nitrogen and oxygen atoms in total. The van der Waals surface area contributed by atoms with E-state index in [0.29, 0.717) is 6.04 Å². The fraction of sp³-hybridized carbons (Fsp3) is 0.727. The molecule has 1 heterocycles. The second kappa shape index (κ2) is 3.99. The summed E-state index contributed by atoms with van der Waals surface area (Å²) in [5.41, 5.74) is 1.17. The first kappa shape index (κ1) is 10.1. The Morgan fingerprint density at radius 2 is 2.43 bits per heavy atom. The van der Waals surface area contributed by atoms with Crippen molar-refractivity contribution in [1.29, 1.82) is 0 Å². The van der Waals surface area contributed by atoms with Gasteiger partial charge in [0.05, 0.1) is 5.01 Å². The highest BCUT2D eigenvalue weighted by Gasteiger charge is 2.39. The van der Waals surface area contributed by atoms with Crippen LogP contribution in [0.5, 0.6) is 0 Å². The fourth-order valence-electron chi connectivity index (χ4n) is 1.71. The molecule has 3 heteroatoms. The van der Waals surface area contributed by atoms with Crippen LogP contribution in [0.2, 0.25) is 0 Å². The first-order valence-corrected chi connectivity index (χ1v) is 6.20. The molecule has 1 aromatic heterocycles. The molecule has 1 saturated carbocycles. The van der Waals surface area contributed by atoms with E-state index in [1.807, 2.05) is 11.3 Å². The molecule has 1 aliphatic carbocycles. The van der Waals surface area contributed by atoms with E-state index in [9.17, 15) is 0 Å². The third-order valence-corrected chi connectivity index (χ3v) is 3.76. The number of nitrogens with one attached hydrogen (secondary N) is 1. The van der Waals surface area contributed by atoms with Crippen LogP contribution < -0.4 is 5.32 Å². The first-order valence-electron chi connectivity index (χ1n) is 5.32. The fourth-order valence-corrected chi connectivity index (χ4v) is 2.71. The van der Waals surface area contributed by atoms with E-state index in [0.717, 1.165) is 18.4 Å². The number of aromatic nitrogens is 1. The lowest BCUT2D eigenvalue weighted by molar-refractivity contribution is 0.554. The molecule has 0 radical (unpaired) electrons. The molecule has 0 amide bonds. The van der Waals surface area contributed by atoms with Crippen LogP contribution in [0.4, 0.5) is 0 Å². The maximum absolute atomic E-state index is 4.54. The predicted molar refractivity (Wildman–Crippen MR) is 60.8 cm³/mol. The molecular weight excluding hydrogens is 192 g/mol. The lowest BCUT2D eigenvalue weighted by atomic mass is 10.3. The summed E-state index contributed by atoms with van der Waals surface area (Å²) in [6.45, 7) is 7.63. The molecule has 0 aromatic carbocycles. The minimum atomic E-state index is 0.606. The summed E-state index contributed by atoms with van der Waals surface area (Å²) in [6.07, 6.45) is 1.33. The highest BCUT2D eigenvalue weighted by atomic mass is 32.1. The Labute approximate surface area is 89.8 Å². The molecule has 2 rings (SSSR count). The maximum Gasteiger partial charge on any atom is 0.0962 e. The molecule has 1 aromatic rings. The Hall–Kier alpha value is -0.410. The first-order chi connectivity index (χ1) is 6.66. The van der Waals surface area contributed by atoms with Gasteiger partial charge in [-0.3, -0.25) is 0 Å². The average molecular weight is 210 g/mol. The zero-order chi connectivity index (χ0) is 10.1. The van der Waals surface area contributed by atoms with Gasteiger partial charge in [-0.05, 0) is 25.8 Å². The van der Waals surface area contributed by atoms with E-state index < -0.39 is 0 Å². The van der Waals surface area contributed by atoms with Crippen LogP contribution >= 0.6 is 11.3 Å². The van der Waals surface area contributed by atoms with Crippen LogP contribution in [0.15, 0.2) is 5.38 Å². The number of thiazole rings is 1. The van der Waals surface area contributed by atoms with Crippen LogP contribution in [-0.2, 0) is 0 Å². The van der Waals surface area contributed by atoms with Gasteiger partial charge < -0.3 is 5.32 Å². The van der Waals surface area contributed by atoms with Crippen molar-refractivity contribution in [3.05, 3.63) is 16.1 Å². The van der Waals surface area contributed by atoms with Crippen molar-refractivity contribution >= 4 is 11.3 Å². The summed E-state index contributed by atoms with van der Waals surface area (Å²) < 4.78 is 0. The van der Waals surface area contributed by atoms with Gasteiger partial charge >= 0.3 is 0 Å². The predicted octanol–water partition coefficient (Wildman–Crippen LogP) is 2.55. The van der Waals surface area contributed by atoms with Gasteiger partial charge in [-0.1, -0.05) is 13.8 Å². The number of aryl methyl sites for hydroxylation is 1. The normalized spacial score (nSPS) is 25.7. The molecule has 0 bridgehead atoms. The van der Waals surface area contributed by atoms with Gasteiger partial charge in [-0.25, -0.2) is 4.98 Å². The molecule has 1 N–H and O–H groups in total. The van der Waals surface area contributed by atoms with Crippen LogP contribution in [0, 0.1) is 12.8 Å². The van der Waals surface area contributed by atoms with Gasteiger partial charge in [0, 0.05) is 23.0 Å². The van der Waals surface area contributed by atoms with Gasteiger partial charge in [-0.15, -0.1) is 11.3 Å². The summed E-state index contributed by atoms with van der Waals surface area (Å²) in [7, 11) is 0. The number of hydrogen-bond donors (Lipinski definition) is 1. The quantitative estimate of drug-likeness (QED) is 0.826. The van der Waals surface area contributed by atoms with Gasteiger partial charge in [0.1, 0.15) is 0 Å². The minimum absolute atomic E-state index is 0.606. The van der Waals surface area contributed by atoms with E-state index in [4.69, 9.17) is 0 Å². The van der Waals surface area contributed by atoms with Crippen LogP contribution in [0.3, 0.4) is 0 Å². The Bertz CT molecular complexity index is 306. The van der Waals surface area contributed by atoms with Crippen molar-refractivity contribution in [3.63, 3.8) is 0 Å². The number of hydrogen-bond acceptors (Lipinski definition) is 3. The van der Waals surface area contributed by atoms with E-state index in [2.05, 4.69) is 36.5 Å². The van der Waals surface area contributed by atoms with Crippen molar-refractivity contribution < 1.29 is 0 Å². The van der Waals surface area contributed by atoms with E-state index in [1.54, 1.807) is 0 Å². The minimum Gasteiger partial charge on any atom is -0.314 e. The van der Waals surface area contributed by atoms with Crippen molar-refractivity contribution in [3.8, 4) is 0 Å². The molecule has 14 heavy (non-hydrogen) atoms.